The maximum absolute atomic E-state index is 12.5. The average molecular weight is 458 g/mol. The summed E-state index contributed by atoms with van der Waals surface area (Å²) in [5.41, 5.74) is 5.58. The van der Waals surface area contributed by atoms with E-state index in [0.29, 0.717) is 24.5 Å². The van der Waals surface area contributed by atoms with E-state index in [2.05, 4.69) is 59.3 Å². The SMILES string of the molecule is COc1ccc(CC(=O)NCCCc2nc3ccccc3n2Cc2ccccc2C)cc1OC. The van der Waals surface area contributed by atoms with Gasteiger partial charge in [-0.2, -0.15) is 0 Å². The maximum atomic E-state index is 12.5. The number of para-hydroxylation sites is 2. The third kappa shape index (κ3) is 5.39. The van der Waals surface area contributed by atoms with Crippen molar-refractivity contribution in [2.24, 2.45) is 0 Å². The molecule has 3 aromatic carbocycles. The molecule has 0 aliphatic carbocycles. The Morgan fingerprint density at radius 2 is 1.74 bits per heavy atom. The summed E-state index contributed by atoms with van der Waals surface area (Å²) < 4.78 is 12.9. The number of benzene rings is 3. The van der Waals surface area contributed by atoms with Crippen molar-refractivity contribution >= 4 is 16.9 Å². The van der Waals surface area contributed by atoms with Gasteiger partial charge in [0, 0.05) is 19.5 Å². The van der Waals surface area contributed by atoms with Crippen molar-refractivity contribution in [1.82, 2.24) is 14.9 Å². The molecule has 0 spiro atoms. The van der Waals surface area contributed by atoms with Gasteiger partial charge in [-0.05, 0) is 54.3 Å². The Hall–Kier alpha value is -3.80. The lowest BCUT2D eigenvalue weighted by Gasteiger charge is -2.12. The van der Waals surface area contributed by atoms with Crippen molar-refractivity contribution in [3.05, 3.63) is 89.2 Å². The zero-order valence-corrected chi connectivity index (χ0v) is 20.0. The fourth-order valence-electron chi connectivity index (χ4n) is 4.16. The van der Waals surface area contributed by atoms with Crippen LogP contribution in [0.1, 0.15) is 28.9 Å². The first-order chi connectivity index (χ1) is 16.6. The van der Waals surface area contributed by atoms with Gasteiger partial charge in [-0.25, -0.2) is 4.98 Å². The Labute approximate surface area is 200 Å². The van der Waals surface area contributed by atoms with Crippen LogP contribution in [-0.4, -0.2) is 36.2 Å². The van der Waals surface area contributed by atoms with E-state index >= 15 is 0 Å². The molecule has 0 unspecified atom stereocenters. The van der Waals surface area contributed by atoms with Crippen molar-refractivity contribution in [2.75, 3.05) is 20.8 Å². The van der Waals surface area contributed by atoms with Gasteiger partial charge in [-0.3, -0.25) is 4.79 Å². The summed E-state index contributed by atoms with van der Waals surface area (Å²) in [6, 6.07) is 22.2. The van der Waals surface area contributed by atoms with Crippen LogP contribution in [0, 0.1) is 6.92 Å². The molecule has 34 heavy (non-hydrogen) atoms. The van der Waals surface area contributed by atoms with Crippen molar-refractivity contribution in [3.8, 4) is 11.5 Å². The molecule has 6 nitrogen and oxygen atoms in total. The van der Waals surface area contributed by atoms with Gasteiger partial charge >= 0.3 is 0 Å². The lowest BCUT2D eigenvalue weighted by molar-refractivity contribution is -0.120. The predicted octanol–water partition coefficient (Wildman–Crippen LogP) is 4.70. The number of carbonyl (C=O) groups is 1. The van der Waals surface area contributed by atoms with E-state index in [9.17, 15) is 4.79 Å². The molecule has 0 saturated carbocycles. The molecule has 1 amide bonds. The molecule has 0 aliphatic heterocycles. The molecule has 0 aliphatic rings. The first-order valence-corrected chi connectivity index (χ1v) is 11.6. The molecule has 0 atom stereocenters. The number of hydrogen-bond donors (Lipinski definition) is 1. The number of carbonyl (C=O) groups excluding carboxylic acids is 1. The topological polar surface area (TPSA) is 65.4 Å². The standard InChI is InChI=1S/C28H31N3O3/c1-20-9-4-5-10-22(20)19-31-24-12-7-6-11-23(24)30-27(31)13-8-16-29-28(32)18-21-14-15-25(33-2)26(17-21)34-3/h4-7,9-12,14-15,17H,8,13,16,18-19H2,1-3H3,(H,29,32). The third-order valence-corrected chi connectivity index (χ3v) is 6.04. The van der Waals surface area contributed by atoms with Crippen molar-refractivity contribution in [2.45, 2.75) is 32.7 Å². The van der Waals surface area contributed by atoms with Crippen LogP contribution in [0.15, 0.2) is 66.7 Å². The van der Waals surface area contributed by atoms with E-state index in [1.165, 1.54) is 11.1 Å². The van der Waals surface area contributed by atoms with E-state index in [-0.39, 0.29) is 5.91 Å². The molecule has 1 N–H and O–H groups in total. The molecule has 176 valence electrons. The van der Waals surface area contributed by atoms with Crippen LogP contribution in [0.25, 0.3) is 11.0 Å². The lowest BCUT2D eigenvalue weighted by Crippen LogP contribution is -2.26. The molecular formula is C28H31N3O3. The quantitative estimate of drug-likeness (QED) is 0.351. The van der Waals surface area contributed by atoms with E-state index in [1.807, 2.05) is 24.3 Å². The number of aromatic nitrogens is 2. The molecule has 4 rings (SSSR count). The summed E-state index contributed by atoms with van der Waals surface area (Å²) in [6.07, 6.45) is 1.90. The van der Waals surface area contributed by atoms with Gasteiger partial charge in [-0.1, -0.05) is 42.5 Å². The summed E-state index contributed by atoms with van der Waals surface area (Å²) in [7, 11) is 3.19. The van der Waals surface area contributed by atoms with E-state index < -0.39 is 0 Å². The molecule has 0 saturated heterocycles. The van der Waals surface area contributed by atoms with Gasteiger partial charge in [-0.15, -0.1) is 0 Å². The lowest BCUT2D eigenvalue weighted by atomic mass is 10.1. The van der Waals surface area contributed by atoms with Crippen molar-refractivity contribution < 1.29 is 14.3 Å². The minimum Gasteiger partial charge on any atom is -0.493 e. The van der Waals surface area contributed by atoms with Crippen LogP contribution >= 0.6 is 0 Å². The Balaban J connectivity index is 1.37. The Kier molecular flexibility index (Phi) is 7.48. The van der Waals surface area contributed by atoms with Gasteiger partial charge in [0.05, 0.1) is 31.7 Å². The number of nitrogens with one attached hydrogen (secondary N) is 1. The zero-order valence-electron chi connectivity index (χ0n) is 20.0. The Bertz CT molecular complexity index is 1280. The Morgan fingerprint density at radius 3 is 2.53 bits per heavy atom. The van der Waals surface area contributed by atoms with Crippen LogP contribution in [-0.2, 0) is 24.2 Å². The van der Waals surface area contributed by atoms with Crippen LogP contribution in [0.4, 0.5) is 0 Å². The average Bonchev–Trinajstić information content (AvgIpc) is 3.20. The van der Waals surface area contributed by atoms with Gasteiger partial charge < -0.3 is 19.4 Å². The first-order valence-electron chi connectivity index (χ1n) is 11.6. The first kappa shape index (κ1) is 23.4. The smallest absolute Gasteiger partial charge is 0.224 e. The number of amides is 1. The molecule has 0 fully saturated rings. The van der Waals surface area contributed by atoms with Gasteiger partial charge in [0.2, 0.25) is 5.91 Å². The predicted molar refractivity (Wildman–Crippen MR) is 135 cm³/mol. The number of imidazole rings is 1. The highest BCUT2D eigenvalue weighted by atomic mass is 16.5. The second-order valence-electron chi connectivity index (χ2n) is 8.35. The van der Waals surface area contributed by atoms with Gasteiger partial charge in [0.1, 0.15) is 5.82 Å². The fraction of sp³-hybridized carbons (Fsp3) is 0.286. The monoisotopic (exact) mass is 457 g/mol. The molecule has 1 aromatic heterocycles. The van der Waals surface area contributed by atoms with Crippen LogP contribution in [0.2, 0.25) is 0 Å². The number of nitrogens with zero attached hydrogens (tertiary/aromatic N) is 2. The fourth-order valence-corrected chi connectivity index (χ4v) is 4.16. The molecule has 4 aromatic rings. The van der Waals surface area contributed by atoms with Gasteiger partial charge in [0.15, 0.2) is 11.5 Å². The highest BCUT2D eigenvalue weighted by Crippen LogP contribution is 2.27. The largest absolute Gasteiger partial charge is 0.493 e. The highest BCUT2D eigenvalue weighted by molar-refractivity contribution is 5.79. The number of ether oxygens (including phenoxy) is 2. The molecule has 0 radical (unpaired) electrons. The Morgan fingerprint density at radius 1 is 0.971 bits per heavy atom. The normalized spacial score (nSPS) is 10.9. The minimum atomic E-state index is -0.0133. The summed E-state index contributed by atoms with van der Waals surface area (Å²) >= 11 is 0. The van der Waals surface area contributed by atoms with Gasteiger partial charge in [0.25, 0.3) is 0 Å². The number of aryl methyl sites for hydroxylation is 2. The summed E-state index contributed by atoms with van der Waals surface area (Å²) in [5.74, 6) is 2.31. The number of fused-ring (bicyclic) bond motifs is 1. The summed E-state index contributed by atoms with van der Waals surface area (Å²) in [4.78, 5) is 17.3. The summed E-state index contributed by atoms with van der Waals surface area (Å²) in [5, 5.41) is 3.03. The number of rotatable bonds is 10. The minimum absolute atomic E-state index is 0.0133. The summed E-state index contributed by atoms with van der Waals surface area (Å²) in [6.45, 7) is 3.52. The molecule has 1 heterocycles. The van der Waals surface area contributed by atoms with Crippen LogP contribution < -0.4 is 14.8 Å². The van der Waals surface area contributed by atoms with Crippen molar-refractivity contribution in [3.63, 3.8) is 0 Å². The highest BCUT2D eigenvalue weighted by Gasteiger charge is 2.12. The van der Waals surface area contributed by atoms with E-state index in [0.717, 1.165) is 41.8 Å². The maximum Gasteiger partial charge on any atom is 0.224 e. The third-order valence-electron chi connectivity index (χ3n) is 6.04. The van der Waals surface area contributed by atoms with E-state index in [4.69, 9.17) is 14.5 Å². The number of hydrogen-bond acceptors (Lipinski definition) is 4. The van der Waals surface area contributed by atoms with Crippen LogP contribution in [0.3, 0.4) is 0 Å². The zero-order chi connectivity index (χ0) is 23.9. The van der Waals surface area contributed by atoms with Crippen LogP contribution in [0.5, 0.6) is 11.5 Å². The molecule has 0 bridgehead atoms. The second kappa shape index (κ2) is 10.9. The van der Waals surface area contributed by atoms with E-state index in [1.54, 1.807) is 14.2 Å². The molecule has 6 heteroatoms. The molecular weight excluding hydrogens is 426 g/mol. The number of methoxy groups -OCH3 is 2. The second-order valence-corrected chi connectivity index (χ2v) is 8.35. The van der Waals surface area contributed by atoms with Crippen molar-refractivity contribution in [1.29, 1.82) is 0 Å².